The van der Waals surface area contributed by atoms with Gasteiger partial charge in [0.1, 0.15) is 0 Å². The third kappa shape index (κ3) is 1.59. The molecule has 1 aliphatic rings. The van der Waals surface area contributed by atoms with Gasteiger partial charge in [-0.25, -0.2) is 9.79 Å². The highest BCUT2D eigenvalue weighted by Crippen LogP contribution is 2.50. The second-order valence-corrected chi connectivity index (χ2v) is 4.07. The van der Waals surface area contributed by atoms with Gasteiger partial charge in [0.2, 0.25) is 6.08 Å². The maximum absolute atomic E-state index is 10.1. The van der Waals surface area contributed by atoms with E-state index in [1.807, 2.05) is 24.3 Å². The molecule has 2 nitrogen and oxygen atoms in total. The Morgan fingerprint density at radius 2 is 2.14 bits per heavy atom. The van der Waals surface area contributed by atoms with Gasteiger partial charge in [0.05, 0.1) is 6.54 Å². The maximum atomic E-state index is 10.1. The lowest BCUT2D eigenvalue weighted by atomic mass is 9.96. The van der Waals surface area contributed by atoms with E-state index in [0.29, 0.717) is 6.54 Å². The van der Waals surface area contributed by atoms with Gasteiger partial charge in [0.25, 0.3) is 0 Å². The van der Waals surface area contributed by atoms with Gasteiger partial charge in [0, 0.05) is 10.4 Å². The Balaban J connectivity index is 2.30. The lowest BCUT2D eigenvalue weighted by Crippen LogP contribution is -2.11. The van der Waals surface area contributed by atoms with Crippen LogP contribution in [0.4, 0.5) is 0 Å². The number of halogens is 1. The lowest BCUT2D eigenvalue weighted by Gasteiger charge is -2.13. The summed E-state index contributed by atoms with van der Waals surface area (Å²) in [5, 5.41) is 0.770. The first-order valence-corrected chi connectivity index (χ1v) is 4.95. The molecule has 0 amide bonds. The van der Waals surface area contributed by atoms with Gasteiger partial charge in [-0.05, 0) is 24.5 Å². The summed E-state index contributed by atoms with van der Waals surface area (Å²) in [7, 11) is 0. The quantitative estimate of drug-likeness (QED) is 0.554. The van der Waals surface area contributed by atoms with E-state index in [-0.39, 0.29) is 5.41 Å². The van der Waals surface area contributed by atoms with Crippen LogP contribution in [0.2, 0.25) is 5.02 Å². The summed E-state index contributed by atoms with van der Waals surface area (Å²) >= 11 is 6.09. The molecule has 0 unspecified atom stereocenters. The first-order chi connectivity index (χ1) is 6.78. The minimum Gasteiger partial charge on any atom is -0.211 e. The van der Waals surface area contributed by atoms with Gasteiger partial charge >= 0.3 is 0 Å². The molecule has 1 aromatic rings. The minimum absolute atomic E-state index is 0.0236. The third-order valence-corrected chi connectivity index (χ3v) is 3.07. The number of hydrogen-bond acceptors (Lipinski definition) is 2. The van der Waals surface area contributed by atoms with Crippen molar-refractivity contribution in [2.24, 2.45) is 4.99 Å². The third-order valence-electron chi connectivity index (χ3n) is 2.75. The number of aliphatic imine (C=N–C) groups is 1. The summed E-state index contributed by atoms with van der Waals surface area (Å²) in [5.41, 5.74) is 1.14. The zero-order valence-electron chi connectivity index (χ0n) is 7.66. The van der Waals surface area contributed by atoms with E-state index in [1.165, 1.54) is 0 Å². The molecule has 1 fully saturated rings. The molecule has 2 rings (SSSR count). The monoisotopic (exact) mass is 207 g/mol. The van der Waals surface area contributed by atoms with E-state index < -0.39 is 0 Å². The molecule has 14 heavy (non-hydrogen) atoms. The Kier molecular flexibility index (Phi) is 2.40. The predicted molar refractivity (Wildman–Crippen MR) is 55.4 cm³/mol. The Labute approximate surface area is 87.6 Å². The van der Waals surface area contributed by atoms with E-state index in [9.17, 15) is 4.79 Å². The number of carbonyl (C=O) groups excluding carboxylic acids is 1. The number of rotatable bonds is 3. The average molecular weight is 208 g/mol. The Morgan fingerprint density at radius 1 is 1.43 bits per heavy atom. The second kappa shape index (κ2) is 3.56. The summed E-state index contributed by atoms with van der Waals surface area (Å²) in [5.74, 6) is 0. The zero-order chi connectivity index (χ0) is 10.0. The smallest absolute Gasteiger partial charge is 0.211 e. The topological polar surface area (TPSA) is 29.4 Å². The molecular formula is C11H10ClNO. The first-order valence-electron chi connectivity index (χ1n) is 4.57. The summed E-state index contributed by atoms with van der Waals surface area (Å²) in [6.45, 7) is 0.514. The number of isocyanates is 1. The van der Waals surface area contributed by atoms with Gasteiger partial charge in [-0.2, -0.15) is 0 Å². The normalized spacial score (nSPS) is 17.2. The molecule has 0 atom stereocenters. The molecule has 0 radical (unpaired) electrons. The Bertz CT molecular complexity index is 392. The van der Waals surface area contributed by atoms with E-state index in [2.05, 4.69) is 4.99 Å². The van der Waals surface area contributed by atoms with E-state index in [1.54, 1.807) is 6.08 Å². The summed E-state index contributed by atoms with van der Waals surface area (Å²) in [6.07, 6.45) is 3.70. The van der Waals surface area contributed by atoms with Gasteiger partial charge in [-0.1, -0.05) is 29.8 Å². The molecule has 0 saturated heterocycles. The summed E-state index contributed by atoms with van der Waals surface area (Å²) < 4.78 is 0. The highest BCUT2D eigenvalue weighted by atomic mass is 35.5. The van der Waals surface area contributed by atoms with Gasteiger partial charge in [-0.15, -0.1) is 0 Å². The van der Waals surface area contributed by atoms with Crippen LogP contribution in [-0.2, 0) is 10.2 Å². The molecule has 0 spiro atoms. The van der Waals surface area contributed by atoms with E-state index in [0.717, 1.165) is 23.4 Å². The van der Waals surface area contributed by atoms with Crippen molar-refractivity contribution in [3.05, 3.63) is 34.9 Å². The highest BCUT2D eigenvalue weighted by Gasteiger charge is 2.45. The molecule has 72 valence electrons. The van der Waals surface area contributed by atoms with Crippen LogP contribution in [0, 0.1) is 0 Å². The Hall–Kier alpha value is -1.11. The molecule has 0 N–H and O–H groups in total. The van der Waals surface area contributed by atoms with E-state index in [4.69, 9.17) is 11.6 Å². The van der Waals surface area contributed by atoms with Crippen LogP contribution in [0.1, 0.15) is 18.4 Å². The lowest BCUT2D eigenvalue weighted by molar-refractivity contribution is 0.559. The molecule has 0 bridgehead atoms. The first kappa shape index (κ1) is 9.45. The fourth-order valence-electron chi connectivity index (χ4n) is 1.74. The standard InChI is InChI=1S/C11H10ClNO/c12-10-4-2-1-3-9(10)11(5-6-11)7-13-8-14/h1-4H,5-7H2. The average Bonchev–Trinajstić information content (AvgIpc) is 2.97. The number of benzene rings is 1. The summed E-state index contributed by atoms with van der Waals surface area (Å²) in [6, 6.07) is 7.76. The van der Waals surface area contributed by atoms with Crippen molar-refractivity contribution in [3.8, 4) is 0 Å². The maximum Gasteiger partial charge on any atom is 0.234 e. The van der Waals surface area contributed by atoms with Crippen molar-refractivity contribution in [1.29, 1.82) is 0 Å². The van der Waals surface area contributed by atoms with Crippen LogP contribution in [0.3, 0.4) is 0 Å². The van der Waals surface area contributed by atoms with Gasteiger partial charge in [-0.3, -0.25) is 0 Å². The molecule has 3 heteroatoms. The Morgan fingerprint density at radius 3 is 2.71 bits per heavy atom. The zero-order valence-corrected chi connectivity index (χ0v) is 8.42. The van der Waals surface area contributed by atoms with Crippen molar-refractivity contribution in [3.63, 3.8) is 0 Å². The van der Waals surface area contributed by atoms with Crippen LogP contribution >= 0.6 is 11.6 Å². The van der Waals surface area contributed by atoms with Crippen LogP contribution < -0.4 is 0 Å². The fraction of sp³-hybridized carbons (Fsp3) is 0.364. The molecule has 1 aromatic carbocycles. The summed E-state index contributed by atoms with van der Waals surface area (Å²) in [4.78, 5) is 13.7. The van der Waals surface area contributed by atoms with Crippen LogP contribution in [0.5, 0.6) is 0 Å². The number of nitrogens with zero attached hydrogens (tertiary/aromatic N) is 1. The SMILES string of the molecule is O=C=NCC1(c2ccccc2Cl)CC1. The molecule has 0 heterocycles. The molecule has 0 aromatic heterocycles. The van der Waals surface area contributed by atoms with E-state index >= 15 is 0 Å². The molecule has 1 saturated carbocycles. The van der Waals surface area contributed by atoms with Gasteiger partial charge < -0.3 is 0 Å². The van der Waals surface area contributed by atoms with Crippen LogP contribution in [0.15, 0.2) is 29.3 Å². The predicted octanol–water partition coefficient (Wildman–Crippen LogP) is 2.71. The molecular weight excluding hydrogens is 198 g/mol. The van der Waals surface area contributed by atoms with Crippen molar-refractivity contribution >= 4 is 17.7 Å². The molecule has 1 aliphatic carbocycles. The fourth-order valence-corrected chi connectivity index (χ4v) is 2.07. The molecule has 0 aliphatic heterocycles. The van der Waals surface area contributed by atoms with Crippen LogP contribution in [-0.4, -0.2) is 12.6 Å². The van der Waals surface area contributed by atoms with Gasteiger partial charge in [0.15, 0.2) is 0 Å². The number of hydrogen-bond donors (Lipinski definition) is 0. The minimum atomic E-state index is 0.0236. The largest absolute Gasteiger partial charge is 0.234 e. The van der Waals surface area contributed by atoms with Crippen molar-refractivity contribution in [2.45, 2.75) is 18.3 Å². The van der Waals surface area contributed by atoms with Crippen molar-refractivity contribution in [2.75, 3.05) is 6.54 Å². The van der Waals surface area contributed by atoms with Crippen LogP contribution in [0.25, 0.3) is 0 Å². The van der Waals surface area contributed by atoms with Crippen molar-refractivity contribution in [1.82, 2.24) is 0 Å². The van der Waals surface area contributed by atoms with Crippen molar-refractivity contribution < 1.29 is 4.79 Å². The second-order valence-electron chi connectivity index (χ2n) is 3.67. The highest BCUT2D eigenvalue weighted by molar-refractivity contribution is 6.31.